The van der Waals surface area contributed by atoms with Gasteiger partial charge >= 0.3 is 0 Å². The number of methoxy groups -OCH3 is 1. The van der Waals surface area contributed by atoms with E-state index in [0.717, 1.165) is 28.3 Å². The van der Waals surface area contributed by atoms with Crippen LogP contribution in [0.15, 0.2) is 54.6 Å². The summed E-state index contributed by atoms with van der Waals surface area (Å²) in [5.41, 5.74) is 3.55. The first-order valence-electron chi connectivity index (χ1n) is 8.09. The summed E-state index contributed by atoms with van der Waals surface area (Å²) in [6.45, 7) is 2.56. The first-order valence-corrected chi connectivity index (χ1v) is 8.09. The number of nitrogens with zero attached hydrogens (tertiary/aromatic N) is 1. The van der Waals surface area contributed by atoms with Gasteiger partial charge in [0.1, 0.15) is 5.75 Å². The molecule has 2 aromatic rings. The van der Waals surface area contributed by atoms with Gasteiger partial charge in [0, 0.05) is 31.0 Å². The van der Waals surface area contributed by atoms with E-state index >= 15 is 0 Å². The molecule has 2 aromatic carbocycles. The number of hydrogen-bond donors (Lipinski definition) is 2. The van der Waals surface area contributed by atoms with Crippen LogP contribution in [0.2, 0.25) is 0 Å². The number of anilines is 2. The number of allylic oxidation sites excluding steroid dienone is 1. The number of hydrogen-bond acceptors (Lipinski definition) is 4. The summed E-state index contributed by atoms with van der Waals surface area (Å²) in [6, 6.07) is 15.1. The van der Waals surface area contributed by atoms with Crippen molar-refractivity contribution in [2.24, 2.45) is 0 Å². The van der Waals surface area contributed by atoms with E-state index in [1.54, 1.807) is 13.2 Å². The van der Waals surface area contributed by atoms with Gasteiger partial charge in [0.15, 0.2) is 0 Å². The summed E-state index contributed by atoms with van der Waals surface area (Å²) in [7, 11) is 3.53. The molecule has 2 rings (SSSR count). The topological polar surface area (TPSA) is 61.8 Å². The van der Waals surface area contributed by atoms with Crippen LogP contribution in [0.3, 0.4) is 0 Å². The van der Waals surface area contributed by atoms with Gasteiger partial charge in [0.25, 0.3) is 0 Å². The number of likely N-dealkylation sites (N-methyl/N-ethyl adjacent to an activating group) is 1. The average molecular weight is 340 g/mol. The molecule has 0 fully saturated rings. The van der Waals surface area contributed by atoms with Crippen LogP contribution in [0.4, 0.5) is 11.4 Å². The molecule has 0 aliphatic heterocycles. The molecule has 0 spiro atoms. The summed E-state index contributed by atoms with van der Waals surface area (Å²) in [5, 5.41) is 11.8. The minimum atomic E-state index is -0.176. The zero-order valence-electron chi connectivity index (χ0n) is 14.8. The molecule has 25 heavy (non-hydrogen) atoms. The normalized spacial score (nSPS) is 11.1. The van der Waals surface area contributed by atoms with Crippen molar-refractivity contribution < 1.29 is 14.6 Å². The number of nitrogens with one attached hydrogen (secondary N) is 1. The number of ether oxygens (including phenoxy) is 1. The Morgan fingerprint density at radius 3 is 2.36 bits per heavy atom. The third kappa shape index (κ3) is 5.36. The van der Waals surface area contributed by atoms with Gasteiger partial charge in [-0.1, -0.05) is 12.1 Å². The molecule has 1 amide bonds. The van der Waals surface area contributed by atoms with Crippen molar-refractivity contribution in [2.75, 3.05) is 37.5 Å². The van der Waals surface area contributed by atoms with Gasteiger partial charge in [-0.25, -0.2) is 0 Å². The lowest BCUT2D eigenvalue weighted by Gasteiger charge is -2.18. The van der Waals surface area contributed by atoms with E-state index in [2.05, 4.69) is 5.32 Å². The van der Waals surface area contributed by atoms with Crippen molar-refractivity contribution in [3.05, 3.63) is 60.2 Å². The second-order valence-corrected chi connectivity index (χ2v) is 5.74. The summed E-state index contributed by atoms with van der Waals surface area (Å²) >= 11 is 0. The van der Waals surface area contributed by atoms with Crippen LogP contribution in [-0.4, -0.2) is 38.3 Å². The fraction of sp³-hybridized carbons (Fsp3) is 0.250. The second kappa shape index (κ2) is 8.89. The van der Waals surface area contributed by atoms with E-state index in [0.29, 0.717) is 6.54 Å². The Labute approximate surface area is 148 Å². The highest BCUT2D eigenvalue weighted by Gasteiger charge is 2.04. The Morgan fingerprint density at radius 2 is 1.80 bits per heavy atom. The molecule has 0 saturated carbocycles. The Kier molecular flexibility index (Phi) is 6.60. The lowest BCUT2D eigenvalue weighted by atomic mass is 10.1. The molecular weight excluding hydrogens is 316 g/mol. The van der Waals surface area contributed by atoms with Crippen molar-refractivity contribution >= 4 is 22.9 Å². The zero-order chi connectivity index (χ0) is 18.2. The summed E-state index contributed by atoms with van der Waals surface area (Å²) in [5.74, 6) is 0.608. The van der Waals surface area contributed by atoms with E-state index in [-0.39, 0.29) is 12.5 Å². The number of amides is 1. The van der Waals surface area contributed by atoms with Crippen LogP contribution in [0.5, 0.6) is 5.75 Å². The molecule has 2 N–H and O–H groups in total. The van der Waals surface area contributed by atoms with Crippen LogP contribution >= 0.6 is 0 Å². The van der Waals surface area contributed by atoms with E-state index in [9.17, 15) is 4.79 Å². The predicted octanol–water partition coefficient (Wildman–Crippen LogP) is 3.17. The van der Waals surface area contributed by atoms with E-state index in [1.807, 2.05) is 67.4 Å². The van der Waals surface area contributed by atoms with Crippen LogP contribution in [0.25, 0.3) is 5.57 Å². The largest absolute Gasteiger partial charge is 0.497 e. The lowest BCUT2D eigenvalue weighted by molar-refractivity contribution is -0.111. The SMILES string of the molecule is COc1ccc(/C(C)=C/C(=O)Nc2ccc(N(C)CCO)cc2)cc1. The number of benzene rings is 2. The molecule has 0 atom stereocenters. The smallest absolute Gasteiger partial charge is 0.248 e. The fourth-order valence-electron chi connectivity index (χ4n) is 2.39. The Balaban J connectivity index is 2.00. The average Bonchev–Trinajstić information content (AvgIpc) is 2.62. The molecule has 132 valence electrons. The predicted molar refractivity (Wildman–Crippen MR) is 102 cm³/mol. The minimum Gasteiger partial charge on any atom is -0.497 e. The van der Waals surface area contributed by atoms with Crippen molar-refractivity contribution in [1.82, 2.24) is 0 Å². The molecular formula is C20H24N2O3. The number of carbonyl (C=O) groups excluding carboxylic acids is 1. The molecule has 5 heteroatoms. The number of rotatable bonds is 7. The van der Waals surface area contributed by atoms with E-state index in [4.69, 9.17) is 9.84 Å². The maximum Gasteiger partial charge on any atom is 0.248 e. The Morgan fingerprint density at radius 1 is 1.16 bits per heavy atom. The van der Waals surface area contributed by atoms with Crippen LogP contribution in [0.1, 0.15) is 12.5 Å². The molecule has 0 aliphatic carbocycles. The number of aliphatic hydroxyl groups excluding tert-OH is 1. The van der Waals surface area contributed by atoms with Crippen LogP contribution in [-0.2, 0) is 4.79 Å². The van der Waals surface area contributed by atoms with Gasteiger partial charge in [0.2, 0.25) is 5.91 Å². The van der Waals surface area contributed by atoms with Gasteiger partial charge < -0.3 is 20.1 Å². The van der Waals surface area contributed by atoms with Crippen molar-refractivity contribution in [3.8, 4) is 5.75 Å². The molecule has 0 saturated heterocycles. The quantitative estimate of drug-likeness (QED) is 0.760. The zero-order valence-corrected chi connectivity index (χ0v) is 14.8. The molecule has 0 aliphatic rings. The van der Waals surface area contributed by atoms with Crippen molar-refractivity contribution in [2.45, 2.75) is 6.92 Å². The summed E-state index contributed by atoms with van der Waals surface area (Å²) in [4.78, 5) is 14.1. The third-order valence-corrected chi connectivity index (χ3v) is 3.90. The van der Waals surface area contributed by atoms with Crippen LogP contribution < -0.4 is 15.0 Å². The van der Waals surface area contributed by atoms with Gasteiger partial charge in [-0.05, 0) is 54.5 Å². The maximum atomic E-state index is 12.2. The highest BCUT2D eigenvalue weighted by molar-refractivity contribution is 6.03. The van der Waals surface area contributed by atoms with E-state index in [1.165, 1.54) is 0 Å². The molecule has 0 aromatic heterocycles. The van der Waals surface area contributed by atoms with Gasteiger partial charge in [-0.3, -0.25) is 4.79 Å². The van der Waals surface area contributed by atoms with Crippen LogP contribution in [0, 0.1) is 0 Å². The Bertz CT molecular complexity index is 722. The first kappa shape index (κ1) is 18.5. The standard InChI is InChI=1S/C20H24N2O3/c1-15(16-4-10-19(25-3)11-5-16)14-20(24)21-17-6-8-18(9-7-17)22(2)12-13-23/h4-11,14,23H,12-13H2,1-3H3,(H,21,24)/b15-14+. The van der Waals surface area contributed by atoms with Gasteiger partial charge in [-0.15, -0.1) is 0 Å². The van der Waals surface area contributed by atoms with Gasteiger partial charge in [-0.2, -0.15) is 0 Å². The third-order valence-electron chi connectivity index (χ3n) is 3.90. The highest BCUT2D eigenvalue weighted by Crippen LogP contribution is 2.19. The molecule has 0 unspecified atom stereocenters. The first-order chi connectivity index (χ1) is 12.0. The summed E-state index contributed by atoms with van der Waals surface area (Å²) in [6.07, 6.45) is 1.58. The molecule has 5 nitrogen and oxygen atoms in total. The monoisotopic (exact) mass is 340 g/mol. The highest BCUT2D eigenvalue weighted by atomic mass is 16.5. The number of aliphatic hydroxyl groups is 1. The van der Waals surface area contributed by atoms with E-state index < -0.39 is 0 Å². The Hall–Kier alpha value is -2.79. The molecule has 0 heterocycles. The fourth-order valence-corrected chi connectivity index (χ4v) is 2.39. The molecule has 0 radical (unpaired) electrons. The second-order valence-electron chi connectivity index (χ2n) is 5.74. The number of carbonyl (C=O) groups is 1. The maximum absolute atomic E-state index is 12.2. The summed E-state index contributed by atoms with van der Waals surface area (Å²) < 4.78 is 5.13. The van der Waals surface area contributed by atoms with Gasteiger partial charge in [0.05, 0.1) is 13.7 Å². The van der Waals surface area contributed by atoms with Crippen molar-refractivity contribution in [3.63, 3.8) is 0 Å². The van der Waals surface area contributed by atoms with Crippen molar-refractivity contribution in [1.29, 1.82) is 0 Å². The lowest BCUT2D eigenvalue weighted by Crippen LogP contribution is -2.21. The molecule has 0 bridgehead atoms. The minimum absolute atomic E-state index is 0.102.